The van der Waals surface area contributed by atoms with Gasteiger partial charge in [-0.25, -0.2) is 0 Å². The molecule has 1 aromatic rings. The zero-order chi connectivity index (χ0) is 19.9. The minimum Gasteiger partial charge on any atom is -0.107 e. The fraction of sp³-hybridized carbons (Fsp3) is 0.444. The molecule has 142 valence electrons. The molecule has 0 radical (unpaired) electrons. The summed E-state index contributed by atoms with van der Waals surface area (Å²) in [5.74, 6) is 0. The van der Waals surface area contributed by atoms with E-state index >= 15 is 0 Å². The van der Waals surface area contributed by atoms with E-state index in [2.05, 4.69) is 0 Å². The Bertz CT molecular complexity index is 836. The Kier molecular flexibility index (Phi) is 5.23. The standard InChI is InChI=1S/C18H14Cl8/c1-14(2)15(3,9-7-5-4-6-8-9)12-10(19)11(20)13(21)17(23,24)16(12,22)18(14,25)26/h4-8H,1-3H3. The first kappa shape index (κ1) is 21.7. The Morgan fingerprint density at radius 1 is 0.731 bits per heavy atom. The molecule has 2 atom stereocenters. The molecule has 0 N–H and O–H groups in total. The summed E-state index contributed by atoms with van der Waals surface area (Å²) in [6.07, 6.45) is 0. The van der Waals surface area contributed by atoms with Crippen LogP contribution in [0.1, 0.15) is 26.3 Å². The smallest absolute Gasteiger partial charge is 0.107 e. The SMILES string of the molecule is CC1(c2ccccc2)C2=C(Cl)C(Cl)=C(Cl)C(Cl)(Cl)C2(Cl)C(Cl)(Cl)C1(C)C. The summed E-state index contributed by atoms with van der Waals surface area (Å²) in [6.45, 7) is 5.74. The van der Waals surface area contributed by atoms with Crippen molar-refractivity contribution in [1.29, 1.82) is 0 Å². The van der Waals surface area contributed by atoms with Gasteiger partial charge in [0.15, 0.2) is 8.67 Å². The zero-order valence-corrected chi connectivity index (χ0v) is 20.0. The van der Waals surface area contributed by atoms with Gasteiger partial charge < -0.3 is 0 Å². The lowest BCUT2D eigenvalue weighted by Crippen LogP contribution is -2.56. The molecule has 2 unspecified atom stereocenters. The Balaban J connectivity index is 2.54. The summed E-state index contributed by atoms with van der Waals surface area (Å²) in [5, 5.41) is 0.0878. The van der Waals surface area contributed by atoms with E-state index in [9.17, 15) is 0 Å². The summed E-state index contributed by atoms with van der Waals surface area (Å²) >= 11 is 53.6. The van der Waals surface area contributed by atoms with Crippen molar-refractivity contribution in [3.63, 3.8) is 0 Å². The van der Waals surface area contributed by atoms with Crippen LogP contribution >= 0.6 is 92.8 Å². The Labute approximate surface area is 193 Å². The Hall–Kier alpha value is 1.02. The van der Waals surface area contributed by atoms with E-state index in [1.807, 2.05) is 51.1 Å². The van der Waals surface area contributed by atoms with Crippen LogP contribution in [0.2, 0.25) is 0 Å². The quantitative estimate of drug-likeness (QED) is 0.330. The molecule has 0 bridgehead atoms. The largest absolute Gasteiger partial charge is 0.180 e. The van der Waals surface area contributed by atoms with Crippen molar-refractivity contribution < 1.29 is 0 Å². The molecule has 0 aliphatic heterocycles. The van der Waals surface area contributed by atoms with Crippen molar-refractivity contribution in [1.82, 2.24) is 0 Å². The maximum absolute atomic E-state index is 7.08. The first-order valence-corrected chi connectivity index (χ1v) is 10.7. The number of rotatable bonds is 1. The second-order valence-corrected chi connectivity index (χ2v) is 11.6. The summed E-state index contributed by atoms with van der Waals surface area (Å²) < 4.78 is -3.52. The zero-order valence-electron chi connectivity index (χ0n) is 13.9. The Morgan fingerprint density at radius 2 is 1.23 bits per heavy atom. The number of fused-ring (bicyclic) bond motifs is 1. The molecular weight excluding hydrogens is 500 g/mol. The summed E-state index contributed by atoms with van der Waals surface area (Å²) in [6, 6.07) is 9.62. The van der Waals surface area contributed by atoms with Gasteiger partial charge in [-0.15, -0.1) is 11.6 Å². The van der Waals surface area contributed by atoms with Crippen LogP contribution < -0.4 is 0 Å². The maximum atomic E-state index is 7.08. The Morgan fingerprint density at radius 3 is 1.73 bits per heavy atom. The number of benzene rings is 1. The van der Waals surface area contributed by atoms with Gasteiger partial charge in [0, 0.05) is 10.8 Å². The second kappa shape index (κ2) is 6.26. The second-order valence-electron chi connectivity index (χ2n) is 7.24. The first-order chi connectivity index (χ1) is 11.7. The van der Waals surface area contributed by atoms with E-state index in [1.165, 1.54) is 0 Å². The molecule has 0 nitrogen and oxygen atoms in total. The average Bonchev–Trinajstić information content (AvgIpc) is 2.68. The molecular formula is C18H14Cl8. The topological polar surface area (TPSA) is 0 Å². The van der Waals surface area contributed by atoms with Crippen LogP contribution in [0, 0.1) is 5.41 Å². The molecule has 8 heteroatoms. The van der Waals surface area contributed by atoms with E-state index in [0.29, 0.717) is 5.57 Å². The molecule has 3 rings (SSSR count). The van der Waals surface area contributed by atoms with Gasteiger partial charge in [-0.1, -0.05) is 132 Å². The molecule has 1 aromatic carbocycles. The molecule has 1 fully saturated rings. The van der Waals surface area contributed by atoms with Gasteiger partial charge in [-0.3, -0.25) is 0 Å². The van der Waals surface area contributed by atoms with E-state index in [0.717, 1.165) is 5.56 Å². The predicted molar refractivity (Wildman–Crippen MR) is 117 cm³/mol. The molecule has 0 saturated heterocycles. The maximum Gasteiger partial charge on any atom is 0.180 e. The molecule has 2 aliphatic carbocycles. The lowest BCUT2D eigenvalue weighted by Gasteiger charge is -2.47. The van der Waals surface area contributed by atoms with E-state index < -0.39 is 24.4 Å². The van der Waals surface area contributed by atoms with Gasteiger partial charge in [0.1, 0.15) is 4.87 Å². The van der Waals surface area contributed by atoms with Crippen molar-refractivity contribution in [3.05, 3.63) is 56.6 Å². The van der Waals surface area contributed by atoms with Crippen LogP contribution in [0.15, 0.2) is 51.0 Å². The molecule has 0 amide bonds. The number of halogens is 8. The van der Waals surface area contributed by atoms with Gasteiger partial charge >= 0.3 is 0 Å². The number of alkyl halides is 5. The number of allylic oxidation sites excluding steroid dienone is 4. The minimum absolute atomic E-state index is 0.0357. The third kappa shape index (κ3) is 2.20. The van der Waals surface area contributed by atoms with Gasteiger partial charge in [0.05, 0.1) is 15.1 Å². The van der Waals surface area contributed by atoms with Crippen LogP contribution in [0.5, 0.6) is 0 Å². The van der Waals surface area contributed by atoms with Crippen molar-refractivity contribution in [2.75, 3.05) is 0 Å². The third-order valence-corrected chi connectivity index (χ3v) is 11.2. The number of hydrogen-bond acceptors (Lipinski definition) is 0. The van der Waals surface area contributed by atoms with Gasteiger partial charge in [-0.2, -0.15) is 0 Å². The van der Waals surface area contributed by atoms with E-state index in [1.54, 1.807) is 0 Å². The molecule has 0 heterocycles. The normalized spacial score (nSPS) is 34.9. The van der Waals surface area contributed by atoms with Gasteiger partial charge in [0.2, 0.25) is 0 Å². The van der Waals surface area contributed by atoms with Crippen LogP contribution in [-0.2, 0) is 5.41 Å². The fourth-order valence-corrected chi connectivity index (χ4v) is 7.51. The molecule has 0 spiro atoms. The molecule has 26 heavy (non-hydrogen) atoms. The van der Waals surface area contributed by atoms with Gasteiger partial charge in [-0.05, 0) is 11.1 Å². The van der Waals surface area contributed by atoms with E-state index in [-0.39, 0.29) is 15.1 Å². The molecule has 2 aliphatic rings. The molecule has 1 saturated carbocycles. The highest BCUT2D eigenvalue weighted by atomic mass is 35.5. The number of hydrogen-bond donors (Lipinski definition) is 0. The first-order valence-electron chi connectivity index (χ1n) is 7.67. The molecule has 0 aromatic heterocycles. The fourth-order valence-electron chi connectivity index (χ4n) is 4.06. The summed E-state index contributed by atoms with van der Waals surface area (Å²) in [7, 11) is 0. The highest BCUT2D eigenvalue weighted by Gasteiger charge is 2.82. The van der Waals surface area contributed by atoms with Crippen LogP contribution in [0.3, 0.4) is 0 Å². The van der Waals surface area contributed by atoms with Crippen molar-refractivity contribution >= 4 is 92.8 Å². The van der Waals surface area contributed by atoms with Crippen molar-refractivity contribution in [2.24, 2.45) is 5.41 Å². The summed E-state index contributed by atoms with van der Waals surface area (Å²) in [5.41, 5.74) is -0.328. The lowest BCUT2D eigenvalue weighted by molar-refractivity contribution is 0.230. The van der Waals surface area contributed by atoms with Crippen LogP contribution in [-0.4, -0.2) is 13.5 Å². The lowest BCUT2D eigenvalue weighted by atomic mass is 9.63. The third-order valence-electron chi connectivity index (χ3n) is 5.98. The van der Waals surface area contributed by atoms with E-state index in [4.69, 9.17) is 92.8 Å². The predicted octanol–water partition coefficient (Wildman–Crippen LogP) is 8.51. The highest BCUT2D eigenvalue weighted by Crippen LogP contribution is 2.79. The minimum atomic E-state index is -1.88. The highest BCUT2D eigenvalue weighted by molar-refractivity contribution is 6.67. The average molecular weight is 514 g/mol. The van der Waals surface area contributed by atoms with Crippen LogP contribution in [0.4, 0.5) is 0 Å². The summed E-state index contributed by atoms with van der Waals surface area (Å²) in [4.78, 5) is -1.72. The monoisotopic (exact) mass is 510 g/mol. The van der Waals surface area contributed by atoms with Crippen molar-refractivity contribution in [2.45, 2.75) is 39.7 Å². The van der Waals surface area contributed by atoms with Crippen LogP contribution in [0.25, 0.3) is 0 Å². The van der Waals surface area contributed by atoms with Crippen molar-refractivity contribution in [3.8, 4) is 0 Å². The van der Waals surface area contributed by atoms with Gasteiger partial charge in [0.25, 0.3) is 0 Å².